The van der Waals surface area contributed by atoms with Crippen LogP contribution < -0.4 is 4.46 Å². The molecule has 0 saturated heterocycles. The van der Waals surface area contributed by atoms with Gasteiger partial charge in [-0.3, -0.25) is 0 Å². The molecule has 0 amide bonds. The molecule has 14 heavy (non-hydrogen) atoms. The summed E-state index contributed by atoms with van der Waals surface area (Å²) in [5, 5.41) is 0. The van der Waals surface area contributed by atoms with E-state index in [-0.39, 0.29) is 19.6 Å². The van der Waals surface area contributed by atoms with E-state index in [1.807, 2.05) is 30.3 Å². The summed E-state index contributed by atoms with van der Waals surface area (Å²) < 4.78 is 1.43. The van der Waals surface area contributed by atoms with Gasteiger partial charge in [0.05, 0.1) is 0 Å². The number of allylic oxidation sites excluding steroid dienone is 2. The molecule has 0 spiro atoms. The van der Waals surface area contributed by atoms with Crippen molar-refractivity contribution in [2.75, 3.05) is 0 Å². The molecule has 1 nitrogen and oxygen atoms in total. The van der Waals surface area contributed by atoms with Gasteiger partial charge in [-0.1, -0.05) is 0 Å². The van der Waals surface area contributed by atoms with E-state index in [1.54, 1.807) is 6.08 Å². The van der Waals surface area contributed by atoms with Crippen LogP contribution in [-0.4, -0.2) is 19.6 Å². The van der Waals surface area contributed by atoms with Crippen LogP contribution in [0.1, 0.15) is 12.8 Å². The van der Waals surface area contributed by atoms with Gasteiger partial charge >= 0.3 is 90.1 Å². The maximum atomic E-state index is 11.5. The van der Waals surface area contributed by atoms with Gasteiger partial charge < -0.3 is 0 Å². The Bertz CT molecular complexity index is 339. The van der Waals surface area contributed by atoms with E-state index in [4.69, 9.17) is 0 Å². The first kappa shape index (κ1) is 9.69. The Balaban J connectivity index is 1.87. The van der Waals surface area contributed by atoms with Crippen molar-refractivity contribution in [3.8, 4) is 0 Å². The number of rotatable bonds is 4. The Morgan fingerprint density at radius 3 is 2.64 bits per heavy atom. The molecule has 1 aliphatic rings. The SMILES string of the molecule is O=C(/C=C/C1CC1)[Se]c1ccccc1. The van der Waals surface area contributed by atoms with Gasteiger partial charge in [-0.2, -0.15) is 0 Å². The molecular formula is C12H12OSe. The Morgan fingerprint density at radius 1 is 1.29 bits per heavy atom. The molecule has 0 aliphatic heterocycles. The molecule has 0 unspecified atom stereocenters. The summed E-state index contributed by atoms with van der Waals surface area (Å²) in [5.74, 6) is 0.700. The van der Waals surface area contributed by atoms with Crippen molar-refractivity contribution in [1.82, 2.24) is 0 Å². The second kappa shape index (κ2) is 4.58. The van der Waals surface area contributed by atoms with Gasteiger partial charge in [0.15, 0.2) is 0 Å². The van der Waals surface area contributed by atoms with Crippen LogP contribution in [0.3, 0.4) is 0 Å². The Labute approximate surface area is 90.4 Å². The molecule has 0 N–H and O–H groups in total. The van der Waals surface area contributed by atoms with E-state index < -0.39 is 0 Å². The van der Waals surface area contributed by atoms with Gasteiger partial charge in [0.1, 0.15) is 0 Å². The predicted octanol–water partition coefficient (Wildman–Crippen LogP) is 1.51. The van der Waals surface area contributed by atoms with Crippen LogP contribution in [0.2, 0.25) is 0 Å². The van der Waals surface area contributed by atoms with Crippen molar-refractivity contribution in [3.63, 3.8) is 0 Å². The number of hydrogen-bond donors (Lipinski definition) is 0. The number of hydrogen-bond acceptors (Lipinski definition) is 1. The zero-order valence-electron chi connectivity index (χ0n) is 7.85. The number of carbonyl (C=O) groups is 1. The van der Waals surface area contributed by atoms with Crippen LogP contribution in [0.15, 0.2) is 42.5 Å². The van der Waals surface area contributed by atoms with Crippen molar-refractivity contribution < 1.29 is 4.79 Å². The normalized spacial score (nSPS) is 16.0. The van der Waals surface area contributed by atoms with Crippen molar-refractivity contribution in [3.05, 3.63) is 42.5 Å². The first-order chi connectivity index (χ1) is 6.84. The summed E-state index contributed by atoms with van der Waals surface area (Å²) in [4.78, 5) is 11.5. The molecule has 1 aliphatic carbocycles. The van der Waals surface area contributed by atoms with Gasteiger partial charge in [0, 0.05) is 0 Å². The van der Waals surface area contributed by atoms with Gasteiger partial charge in [-0.05, 0) is 0 Å². The van der Waals surface area contributed by atoms with E-state index in [0.717, 1.165) is 4.46 Å². The Kier molecular flexibility index (Phi) is 3.18. The maximum absolute atomic E-state index is 11.5. The minimum absolute atomic E-state index is 0.0351. The van der Waals surface area contributed by atoms with Gasteiger partial charge in [-0.25, -0.2) is 0 Å². The average molecular weight is 251 g/mol. The number of benzene rings is 1. The zero-order chi connectivity index (χ0) is 9.80. The summed E-state index contributed by atoms with van der Waals surface area (Å²) in [6.07, 6.45) is 6.36. The average Bonchev–Trinajstić information content (AvgIpc) is 3.00. The van der Waals surface area contributed by atoms with E-state index in [2.05, 4.69) is 6.08 Å². The van der Waals surface area contributed by atoms with Crippen molar-refractivity contribution in [2.24, 2.45) is 5.92 Å². The van der Waals surface area contributed by atoms with Gasteiger partial charge in [0.2, 0.25) is 0 Å². The van der Waals surface area contributed by atoms with E-state index in [1.165, 1.54) is 12.8 Å². The van der Waals surface area contributed by atoms with Crippen LogP contribution in [0.4, 0.5) is 0 Å². The summed E-state index contributed by atoms with van der Waals surface area (Å²) in [5.41, 5.74) is 0. The minimum atomic E-state index is -0.0351. The molecule has 2 rings (SSSR count). The third-order valence-electron chi connectivity index (χ3n) is 2.09. The van der Waals surface area contributed by atoms with E-state index >= 15 is 0 Å². The van der Waals surface area contributed by atoms with Crippen LogP contribution in [-0.2, 0) is 4.79 Å². The third-order valence-corrected chi connectivity index (χ3v) is 3.86. The second-order valence-electron chi connectivity index (χ2n) is 3.43. The third kappa shape index (κ3) is 3.13. The first-order valence-electron chi connectivity index (χ1n) is 4.79. The predicted molar refractivity (Wildman–Crippen MR) is 58.7 cm³/mol. The first-order valence-corrected chi connectivity index (χ1v) is 6.51. The Hall–Kier alpha value is -0.851. The summed E-state index contributed by atoms with van der Waals surface area (Å²) in [6.45, 7) is 0. The quantitative estimate of drug-likeness (QED) is 0.585. The fraction of sp³-hybridized carbons (Fsp3) is 0.250. The summed E-state index contributed by atoms with van der Waals surface area (Å²) in [6, 6.07) is 9.97. The molecule has 0 atom stereocenters. The van der Waals surface area contributed by atoms with E-state index in [0.29, 0.717) is 5.92 Å². The van der Waals surface area contributed by atoms with Crippen LogP contribution in [0.25, 0.3) is 0 Å². The molecular weight excluding hydrogens is 239 g/mol. The van der Waals surface area contributed by atoms with Crippen LogP contribution in [0.5, 0.6) is 0 Å². The van der Waals surface area contributed by atoms with Gasteiger partial charge in [0.25, 0.3) is 0 Å². The van der Waals surface area contributed by atoms with E-state index in [9.17, 15) is 4.79 Å². The van der Waals surface area contributed by atoms with Crippen LogP contribution in [0, 0.1) is 5.92 Å². The molecule has 0 heterocycles. The molecule has 72 valence electrons. The van der Waals surface area contributed by atoms with Crippen molar-refractivity contribution in [1.29, 1.82) is 0 Å². The van der Waals surface area contributed by atoms with Gasteiger partial charge in [-0.15, -0.1) is 0 Å². The number of carbonyl (C=O) groups excluding carboxylic acids is 1. The molecule has 0 radical (unpaired) electrons. The molecule has 1 aromatic carbocycles. The van der Waals surface area contributed by atoms with Crippen molar-refractivity contribution in [2.45, 2.75) is 12.8 Å². The molecule has 0 bridgehead atoms. The molecule has 0 aromatic heterocycles. The summed E-state index contributed by atoms with van der Waals surface area (Å²) in [7, 11) is 0. The fourth-order valence-electron chi connectivity index (χ4n) is 1.14. The monoisotopic (exact) mass is 252 g/mol. The molecule has 1 aromatic rings. The zero-order valence-corrected chi connectivity index (χ0v) is 9.56. The standard InChI is InChI=1S/C12H12OSe/c13-12(9-8-10-6-7-10)14-11-4-2-1-3-5-11/h1-5,8-10H,6-7H2/b9-8+. The molecule has 2 heteroatoms. The topological polar surface area (TPSA) is 17.1 Å². The summed E-state index contributed by atoms with van der Waals surface area (Å²) >= 11 is -0.0351. The van der Waals surface area contributed by atoms with Crippen molar-refractivity contribution >= 4 is 24.1 Å². The fourth-order valence-corrected chi connectivity index (χ4v) is 2.55. The molecule has 1 fully saturated rings. The van der Waals surface area contributed by atoms with Crippen LogP contribution >= 0.6 is 0 Å². The second-order valence-corrected chi connectivity index (χ2v) is 5.69. The Morgan fingerprint density at radius 2 is 2.00 bits per heavy atom. The molecule has 1 saturated carbocycles.